The maximum absolute atomic E-state index is 12.4. The average Bonchev–Trinajstić information content (AvgIpc) is 2.66. The van der Waals surface area contributed by atoms with Gasteiger partial charge in [0.15, 0.2) is 6.61 Å². The van der Waals surface area contributed by atoms with E-state index in [9.17, 15) is 9.59 Å². The van der Waals surface area contributed by atoms with Gasteiger partial charge < -0.3 is 20.7 Å². The van der Waals surface area contributed by atoms with Gasteiger partial charge in [0, 0.05) is 12.2 Å². The van der Waals surface area contributed by atoms with Gasteiger partial charge in [-0.1, -0.05) is 44.2 Å². The molecule has 2 aromatic rings. The van der Waals surface area contributed by atoms with Crippen molar-refractivity contribution in [2.24, 2.45) is 5.92 Å². The number of carbonyl (C=O) groups is 2. The van der Waals surface area contributed by atoms with E-state index in [0.29, 0.717) is 18.0 Å². The van der Waals surface area contributed by atoms with Crippen LogP contribution in [0.2, 0.25) is 0 Å². The van der Waals surface area contributed by atoms with E-state index in [2.05, 4.69) is 29.8 Å². The molecular weight excluding hydrogens is 342 g/mol. The number of amides is 3. The molecule has 0 saturated heterocycles. The fourth-order valence-corrected chi connectivity index (χ4v) is 2.64. The number of carbonyl (C=O) groups excluding carboxylic acids is 2. The smallest absolute Gasteiger partial charge is 0.319 e. The van der Waals surface area contributed by atoms with Crippen molar-refractivity contribution in [2.45, 2.75) is 26.8 Å². The van der Waals surface area contributed by atoms with Crippen LogP contribution < -0.4 is 20.7 Å². The van der Waals surface area contributed by atoms with Gasteiger partial charge >= 0.3 is 6.03 Å². The minimum Gasteiger partial charge on any atom is -0.484 e. The predicted molar refractivity (Wildman–Crippen MR) is 107 cm³/mol. The molecule has 27 heavy (non-hydrogen) atoms. The summed E-state index contributed by atoms with van der Waals surface area (Å²) < 4.78 is 5.39. The lowest BCUT2D eigenvalue weighted by atomic mass is 9.96. The van der Waals surface area contributed by atoms with Crippen molar-refractivity contribution in [3.63, 3.8) is 0 Å². The predicted octanol–water partition coefficient (Wildman–Crippen LogP) is 3.72. The lowest BCUT2D eigenvalue weighted by Gasteiger charge is -2.23. The van der Waals surface area contributed by atoms with Gasteiger partial charge in [-0.25, -0.2) is 4.79 Å². The van der Waals surface area contributed by atoms with Gasteiger partial charge in [-0.05, 0) is 42.7 Å². The summed E-state index contributed by atoms with van der Waals surface area (Å²) in [5.74, 6) is 0.652. The second kappa shape index (κ2) is 10.2. The summed E-state index contributed by atoms with van der Waals surface area (Å²) in [4.78, 5) is 23.8. The maximum Gasteiger partial charge on any atom is 0.319 e. The Morgan fingerprint density at radius 3 is 2.26 bits per heavy atom. The van der Waals surface area contributed by atoms with Crippen molar-refractivity contribution in [3.8, 4) is 5.75 Å². The monoisotopic (exact) mass is 369 g/mol. The SMILES string of the molecule is CCNC(=O)COc1ccc(NC(=O)N[C@H](c2ccccc2)C(C)C)cc1. The van der Waals surface area contributed by atoms with Gasteiger partial charge in [0.05, 0.1) is 6.04 Å². The zero-order valence-corrected chi connectivity index (χ0v) is 16.0. The Kier molecular flexibility index (Phi) is 7.67. The first kappa shape index (κ1) is 20.3. The Labute approximate surface area is 160 Å². The number of anilines is 1. The summed E-state index contributed by atoms with van der Waals surface area (Å²) in [7, 11) is 0. The van der Waals surface area contributed by atoms with Gasteiger partial charge in [0.2, 0.25) is 0 Å². The fourth-order valence-electron chi connectivity index (χ4n) is 2.64. The van der Waals surface area contributed by atoms with Crippen LogP contribution in [0.4, 0.5) is 10.5 Å². The Balaban J connectivity index is 1.90. The molecule has 0 aromatic heterocycles. The van der Waals surface area contributed by atoms with E-state index >= 15 is 0 Å². The molecule has 3 amide bonds. The van der Waals surface area contributed by atoms with E-state index < -0.39 is 0 Å². The molecule has 0 radical (unpaired) electrons. The lowest BCUT2D eigenvalue weighted by Crippen LogP contribution is -2.35. The van der Waals surface area contributed by atoms with E-state index in [1.807, 2.05) is 37.3 Å². The van der Waals surface area contributed by atoms with E-state index in [0.717, 1.165) is 5.56 Å². The molecule has 0 heterocycles. The number of benzene rings is 2. The number of likely N-dealkylation sites (N-methyl/N-ethyl adjacent to an activating group) is 1. The van der Waals surface area contributed by atoms with Crippen LogP contribution in [0, 0.1) is 5.92 Å². The van der Waals surface area contributed by atoms with Gasteiger partial charge in [0.1, 0.15) is 5.75 Å². The van der Waals surface area contributed by atoms with Crippen molar-refractivity contribution < 1.29 is 14.3 Å². The molecule has 144 valence electrons. The summed E-state index contributed by atoms with van der Waals surface area (Å²) in [6.07, 6.45) is 0. The third kappa shape index (κ3) is 6.66. The molecule has 0 bridgehead atoms. The minimum atomic E-state index is -0.270. The third-order valence-corrected chi connectivity index (χ3v) is 3.97. The second-order valence-corrected chi connectivity index (χ2v) is 6.50. The number of nitrogens with one attached hydrogen (secondary N) is 3. The summed E-state index contributed by atoms with van der Waals surface area (Å²) in [5, 5.41) is 8.50. The third-order valence-electron chi connectivity index (χ3n) is 3.97. The molecule has 0 spiro atoms. The Bertz CT molecular complexity index is 730. The van der Waals surface area contributed by atoms with Gasteiger partial charge in [0.25, 0.3) is 5.91 Å². The highest BCUT2D eigenvalue weighted by Crippen LogP contribution is 2.22. The highest BCUT2D eigenvalue weighted by Gasteiger charge is 2.18. The molecule has 3 N–H and O–H groups in total. The molecule has 2 aromatic carbocycles. The summed E-state index contributed by atoms with van der Waals surface area (Å²) >= 11 is 0. The quantitative estimate of drug-likeness (QED) is 0.663. The zero-order valence-electron chi connectivity index (χ0n) is 16.0. The van der Waals surface area contributed by atoms with Gasteiger partial charge in [-0.3, -0.25) is 4.79 Å². The first-order chi connectivity index (χ1) is 13.0. The van der Waals surface area contributed by atoms with E-state index in [1.54, 1.807) is 24.3 Å². The van der Waals surface area contributed by atoms with Crippen LogP contribution in [-0.4, -0.2) is 25.1 Å². The lowest BCUT2D eigenvalue weighted by molar-refractivity contribution is -0.122. The Morgan fingerprint density at radius 1 is 1.00 bits per heavy atom. The van der Waals surface area contributed by atoms with E-state index in [-0.39, 0.29) is 30.5 Å². The number of urea groups is 1. The highest BCUT2D eigenvalue weighted by molar-refractivity contribution is 5.89. The zero-order chi connectivity index (χ0) is 19.6. The van der Waals surface area contributed by atoms with Crippen LogP contribution in [0.25, 0.3) is 0 Å². The minimum absolute atomic E-state index is 0.0335. The number of hydrogen-bond acceptors (Lipinski definition) is 3. The molecule has 0 unspecified atom stereocenters. The molecule has 6 heteroatoms. The van der Waals surface area contributed by atoms with Crippen LogP contribution in [-0.2, 0) is 4.79 Å². The van der Waals surface area contributed by atoms with Crippen molar-refractivity contribution in [1.82, 2.24) is 10.6 Å². The first-order valence-electron chi connectivity index (χ1n) is 9.11. The van der Waals surface area contributed by atoms with Gasteiger partial charge in [-0.15, -0.1) is 0 Å². The van der Waals surface area contributed by atoms with E-state index in [4.69, 9.17) is 4.74 Å². The van der Waals surface area contributed by atoms with Gasteiger partial charge in [-0.2, -0.15) is 0 Å². The Hall–Kier alpha value is -3.02. The van der Waals surface area contributed by atoms with E-state index in [1.165, 1.54) is 0 Å². The molecule has 0 aliphatic heterocycles. The average molecular weight is 369 g/mol. The first-order valence-corrected chi connectivity index (χ1v) is 9.11. The molecule has 6 nitrogen and oxygen atoms in total. The van der Waals surface area contributed by atoms with Crippen molar-refractivity contribution in [3.05, 3.63) is 60.2 Å². The van der Waals surface area contributed by atoms with Crippen molar-refractivity contribution in [1.29, 1.82) is 0 Å². The maximum atomic E-state index is 12.4. The molecular formula is C21H27N3O3. The normalized spacial score (nSPS) is 11.6. The fraction of sp³-hybridized carbons (Fsp3) is 0.333. The van der Waals surface area contributed by atoms with Crippen molar-refractivity contribution in [2.75, 3.05) is 18.5 Å². The molecule has 0 fully saturated rings. The second-order valence-electron chi connectivity index (χ2n) is 6.50. The number of hydrogen-bond donors (Lipinski definition) is 3. The van der Waals surface area contributed by atoms with Crippen LogP contribution >= 0.6 is 0 Å². The largest absolute Gasteiger partial charge is 0.484 e. The molecule has 2 rings (SSSR count). The molecule has 0 aliphatic carbocycles. The molecule has 0 aliphatic rings. The van der Waals surface area contributed by atoms with Crippen molar-refractivity contribution >= 4 is 17.6 Å². The standard InChI is InChI=1S/C21H27N3O3/c1-4-22-19(25)14-27-18-12-10-17(11-13-18)23-21(26)24-20(15(2)3)16-8-6-5-7-9-16/h5-13,15,20H,4,14H2,1-3H3,(H,22,25)(H2,23,24,26)/t20-/m0/s1. The summed E-state index contributed by atoms with van der Waals surface area (Å²) in [6.45, 7) is 6.53. The number of ether oxygens (including phenoxy) is 1. The highest BCUT2D eigenvalue weighted by atomic mass is 16.5. The van der Waals surface area contributed by atoms with Crippen LogP contribution in [0.1, 0.15) is 32.4 Å². The van der Waals surface area contributed by atoms with Crippen LogP contribution in [0.5, 0.6) is 5.75 Å². The summed E-state index contributed by atoms with van der Waals surface area (Å²) in [5.41, 5.74) is 1.71. The Morgan fingerprint density at radius 2 is 1.67 bits per heavy atom. The summed E-state index contributed by atoms with van der Waals surface area (Å²) in [6, 6.07) is 16.4. The molecule has 1 atom stereocenters. The number of rotatable bonds is 8. The topological polar surface area (TPSA) is 79.5 Å². The van der Waals surface area contributed by atoms with Crippen LogP contribution in [0.15, 0.2) is 54.6 Å². The van der Waals surface area contributed by atoms with Crippen LogP contribution in [0.3, 0.4) is 0 Å². The molecule has 0 saturated carbocycles.